The van der Waals surface area contributed by atoms with Gasteiger partial charge in [0.1, 0.15) is 17.6 Å². The summed E-state index contributed by atoms with van der Waals surface area (Å²) < 4.78 is 5.70. The first-order valence-electron chi connectivity index (χ1n) is 7.39. The minimum Gasteiger partial charge on any atom is -0.456 e. The number of para-hydroxylation sites is 1. The van der Waals surface area contributed by atoms with Gasteiger partial charge in [-0.05, 0) is 42.5 Å². The Kier molecular flexibility index (Phi) is 5.19. The molecule has 0 fully saturated rings. The average Bonchev–Trinajstić information content (AvgIpc) is 3.16. The largest absolute Gasteiger partial charge is 0.456 e. The number of hydrogen-bond acceptors (Lipinski definition) is 5. The van der Waals surface area contributed by atoms with E-state index in [0.717, 1.165) is 4.88 Å². The van der Waals surface area contributed by atoms with Crippen molar-refractivity contribution in [3.8, 4) is 17.6 Å². The van der Waals surface area contributed by atoms with Crippen LogP contribution in [0.1, 0.15) is 10.4 Å². The van der Waals surface area contributed by atoms with Gasteiger partial charge in [-0.2, -0.15) is 5.26 Å². The highest BCUT2D eigenvalue weighted by Crippen LogP contribution is 2.25. The highest BCUT2D eigenvalue weighted by atomic mass is 32.1. The van der Waals surface area contributed by atoms with Gasteiger partial charge in [-0.1, -0.05) is 12.1 Å². The Balaban J connectivity index is 1.62. The molecular formula is C19H13N3O2S. The number of benzene rings is 2. The van der Waals surface area contributed by atoms with Crippen LogP contribution < -0.4 is 10.1 Å². The van der Waals surface area contributed by atoms with Crippen molar-refractivity contribution in [3.63, 3.8) is 0 Å². The van der Waals surface area contributed by atoms with Crippen LogP contribution in [0.3, 0.4) is 0 Å². The Morgan fingerprint density at radius 3 is 2.72 bits per heavy atom. The van der Waals surface area contributed by atoms with Gasteiger partial charge < -0.3 is 10.1 Å². The van der Waals surface area contributed by atoms with Gasteiger partial charge in [0.15, 0.2) is 0 Å². The summed E-state index contributed by atoms with van der Waals surface area (Å²) >= 11 is 1.46. The predicted octanol–water partition coefficient (Wildman–Crippen LogP) is 4.46. The van der Waals surface area contributed by atoms with Gasteiger partial charge in [-0.25, -0.2) is 0 Å². The predicted molar refractivity (Wildman–Crippen MR) is 97.5 cm³/mol. The fourth-order valence-corrected chi connectivity index (χ4v) is 2.54. The molecule has 3 rings (SSSR count). The van der Waals surface area contributed by atoms with Gasteiger partial charge in [0.05, 0.1) is 11.1 Å². The molecule has 3 aromatic rings. The number of carbonyl (C=O) groups excluding carboxylic acids is 1. The maximum Gasteiger partial charge on any atom is 0.248 e. The summed E-state index contributed by atoms with van der Waals surface area (Å²) in [6.07, 6.45) is 4.87. The smallest absolute Gasteiger partial charge is 0.248 e. The number of nitrogens with zero attached hydrogens (tertiary/aromatic N) is 2. The molecule has 122 valence electrons. The molecule has 1 N–H and O–H groups in total. The van der Waals surface area contributed by atoms with Crippen LogP contribution in [0, 0.1) is 11.3 Å². The van der Waals surface area contributed by atoms with Gasteiger partial charge in [-0.15, -0.1) is 11.3 Å². The number of ether oxygens (including phenoxy) is 1. The zero-order chi connectivity index (χ0) is 17.5. The van der Waals surface area contributed by atoms with Crippen LogP contribution >= 0.6 is 11.3 Å². The molecule has 1 aromatic heterocycles. The van der Waals surface area contributed by atoms with Gasteiger partial charge >= 0.3 is 0 Å². The third-order valence-electron chi connectivity index (χ3n) is 3.21. The quantitative estimate of drug-likeness (QED) is 0.692. The van der Waals surface area contributed by atoms with Crippen LogP contribution in [0.4, 0.5) is 5.69 Å². The first-order valence-corrected chi connectivity index (χ1v) is 8.27. The second kappa shape index (κ2) is 7.90. The minimum atomic E-state index is -0.225. The van der Waals surface area contributed by atoms with E-state index in [0.29, 0.717) is 22.7 Å². The van der Waals surface area contributed by atoms with Gasteiger partial charge in [0, 0.05) is 22.8 Å². The highest BCUT2D eigenvalue weighted by Gasteiger charge is 2.04. The molecule has 0 radical (unpaired) electrons. The average molecular weight is 347 g/mol. The highest BCUT2D eigenvalue weighted by molar-refractivity contribution is 7.10. The summed E-state index contributed by atoms with van der Waals surface area (Å²) in [7, 11) is 0. The topological polar surface area (TPSA) is 75.0 Å². The van der Waals surface area contributed by atoms with E-state index in [1.165, 1.54) is 17.4 Å². The van der Waals surface area contributed by atoms with Crippen molar-refractivity contribution in [2.45, 2.75) is 0 Å². The minimum absolute atomic E-state index is 0.225. The summed E-state index contributed by atoms with van der Waals surface area (Å²) in [4.78, 5) is 16.7. The number of nitriles is 1. The second-order valence-electron chi connectivity index (χ2n) is 4.96. The maximum atomic E-state index is 11.9. The number of amides is 1. The zero-order valence-corrected chi connectivity index (χ0v) is 13.9. The Labute approximate surface area is 148 Å². The van der Waals surface area contributed by atoms with Crippen molar-refractivity contribution in [2.75, 3.05) is 5.32 Å². The fraction of sp³-hybridized carbons (Fsp3) is 0. The monoisotopic (exact) mass is 347 g/mol. The van der Waals surface area contributed by atoms with Crippen LogP contribution in [0.5, 0.6) is 11.5 Å². The van der Waals surface area contributed by atoms with Crippen LogP contribution in [0.15, 0.2) is 66.3 Å². The van der Waals surface area contributed by atoms with Gasteiger partial charge in [-0.3, -0.25) is 9.78 Å². The summed E-state index contributed by atoms with van der Waals surface area (Å²) in [5.74, 6) is 0.854. The Morgan fingerprint density at radius 1 is 1.20 bits per heavy atom. The number of carbonyl (C=O) groups is 1. The summed E-state index contributed by atoms with van der Waals surface area (Å²) in [5, 5.41) is 11.8. The normalized spacial score (nSPS) is 10.4. The number of thiazole rings is 1. The molecule has 0 spiro atoms. The van der Waals surface area contributed by atoms with E-state index in [9.17, 15) is 4.79 Å². The lowest BCUT2D eigenvalue weighted by Gasteiger charge is -2.08. The third kappa shape index (κ3) is 4.53. The van der Waals surface area contributed by atoms with E-state index >= 15 is 0 Å². The molecule has 0 aliphatic rings. The first-order chi connectivity index (χ1) is 12.2. The number of aromatic nitrogens is 1. The molecule has 0 bridgehead atoms. The van der Waals surface area contributed by atoms with Crippen LogP contribution in [-0.4, -0.2) is 10.9 Å². The molecule has 1 amide bonds. The molecule has 0 unspecified atom stereocenters. The lowest BCUT2D eigenvalue weighted by Crippen LogP contribution is -2.07. The fourth-order valence-electron chi connectivity index (χ4n) is 2.03. The van der Waals surface area contributed by atoms with Crippen molar-refractivity contribution in [1.82, 2.24) is 4.98 Å². The van der Waals surface area contributed by atoms with E-state index in [2.05, 4.69) is 16.4 Å². The molecule has 1 heterocycles. The molecule has 2 aromatic carbocycles. The standard InChI is InChI=1S/C19H13N3O2S/c20-11-14-3-1-2-4-18(14)24-16-7-5-15(6-8-16)22-19(23)10-9-17-12-21-13-25-17/h1-10,12-13H,(H,22,23)/b10-9+. The second-order valence-corrected chi connectivity index (χ2v) is 5.88. The molecule has 5 nitrogen and oxygen atoms in total. The molecular weight excluding hydrogens is 334 g/mol. The van der Waals surface area contributed by atoms with Gasteiger partial charge in [0.25, 0.3) is 0 Å². The molecule has 0 aliphatic heterocycles. The molecule has 0 saturated carbocycles. The van der Waals surface area contributed by atoms with E-state index in [1.807, 2.05) is 0 Å². The zero-order valence-electron chi connectivity index (χ0n) is 13.0. The Bertz CT molecular complexity index is 926. The van der Waals surface area contributed by atoms with E-state index < -0.39 is 0 Å². The molecule has 25 heavy (non-hydrogen) atoms. The number of rotatable bonds is 5. The van der Waals surface area contributed by atoms with E-state index in [-0.39, 0.29) is 5.91 Å². The van der Waals surface area contributed by atoms with Crippen molar-refractivity contribution in [2.24, 2.45) is 0 Å². The lowest BCUT2D eigenvalue weighted by atomic mass is 10.2. The molecule has 6 heteroatoms. The van der Waals surface area contributed by atoms with Gasteiger partial charge in [0.2, 0.25) is 5.91 Å². The van der Waals surface area contributed by atoms with Crippen LogP contribution in [0.2, 0.25) is 0 Å². The third-order valence-corrected chi connectivity index (χ3v) is 3.95. The van der Waals surface area contributed by atoms with Crippen molar-refractivity contribution < 1.29 is 9.53 Å². The molecule has 0 atom stereocenters. The van der Waals surface area contributed by atoms with Crippen molar-refractivity contribution in [1.29, 1.82) is 5.26 Å². The number of anilines is 1. The Morgan fingerprint density at radius 2 is 2.00 bits per heavy atom. The number of nitrogens with one attached hydrogen (secondary N) is 1. The lowest BCUT2D eigenvalue weighted by molar-refractivity contribution is -0.111. The van der Waals surface area contributed by atoms with Crippen molar-refractivity contribution >= 4 is 29.0 Å². The van der Waals surface area contributed by atoms with E-state index in [4.69, 9.17) is 10.00 Å². The molecule has 0 aliphatic carbocycles. The van der Waals surface area contributed by atoms with E-state index in [1.54, 1.807) is 66.3 Å². The van der Waals surface area contributed by atoms with Crippen LogP contribution in [-0.2, 0) is 4.79 Å². The summed E-state index contributed by atoms with van der Waals surface area (Å²) in [5.41, 5.74) is 2.83. The first kappa shape index (κ1) is 16.4. The maximum absolute atomic E-state index is 11.9. The molecule has 0 saturated heterocycles. The van der Waals surface area contributed by atoms with Crippen LogP contribution in [0.25, 0.3) is 6.08 Å². The van der Waals surface area contributed by atoms with Crippen molar-refractivity contribution in [3.05, 3.63) is 76.8 Å². The SMILES string of the molecule is N#Cc1ccccc1Oc1ccc(NC(=O)/C=C/c2cncs2)cc1. The number of hydrogen-bond donors (Lipinski definition) is 1. The summed E-state index contributed by atoms with van der Waals surface area (Å²) in [6, 6.07) is 16.0. The summed E-state index contributed by atoms with van der Waals surface area (Å²) in [6.45, 7) is 0. The Hall–Kier alpha value is -3.43.